The van der Waals surface area contributed by atoms with E-state index in [1.165, 1.54) is 0 Å². The minimum Gasteiger partial charge on any atom is -0.449 e. The highest BCUT2D eigenvalue weighted by Gasteiger charge is 2.35. The molecule has 0 aromatic heterocycles. The molecule has 0 aliphatic carbocycles. The summed E-state index contributed by atoms with van der Waals surface area (Å²) in [7, 11) is 0. The number of hydrogen-bond acceptors (Lipinski definition) is 8. The minimum absolute atomic E-state index is 0.273. The molecular weight excluding hydrogens is 288 g/mol. The summed E-state index contributed by atoms with van der Waals surface area (Å²) in [5.74, 6) is -1.53. The second-order valence-corrected chi connectivity index (χ2v) is 3.86. The average Bonchev–Trinajstić information content (AvgIpc) is 2.38. The maximum absolute atomic E-state index is 10.8. The lowest BCUT2D eigenvalue weighted by atomic mass is 10.2. The van der Waals surface area contributed by atoms with Gasteiger partial charge in [0, 0.05) is 19.6 Å². The van der Waals surface area contributed by atoms with Gasteiger partial charge in [0.2, 0.25) is 0 Å². The predicted octanol–water partition coefficient (Wildman–Crippen LogP) is 2.99. The molecule has 21 heavy (non-hydrogen) atoms. The lowest BCUT2D eigenvalue weighted by Gasteiger charge is -2.29. The van der Waals surface area contributed by atoms with E-state index in [1.54, 1.807) is 13.8 Å². The van der Waals surface area contributed by atoms with Crippen molar-refractivity contribution in [1.29, 1.82) is 0 Å². The van der Waals surface area contributed by atoms with Crippen LogP contribution in [0.15, 0.2) is 0 Å². The molecule has 9 nitrogen and oxygen atoms in total. The molecular formula is C12H22O9. The normalized spacial score (nSPS) is 11.2. The molecule has 0 amide bonds. The number of carboxylic acid groups (broad SMARTS) is 1. The first-order valence-corrected chi connectivity index (χ1v) is 6.74. The summed E-state index contributed by atoms with van der Waals surface area (Å²) in [6.45, 7) is 6.04. The molecule has 0 aliphatic heterocycles. The highest BCUT2D eigenvalue weighted by molar-refractivity contribution is 5.75. The van der Waals surface area contributed by atoms with Gasteiger partial charge in [-0.05, 0) is 25.3 Å². The van der Waals surface area contributed by atoms with Crippen LogP contribution in [0, 0.1) is 0 Å². The van der Waals surface area contributed by atoms with Gasteiger partial charge in [0.15, 0.2) is 0 Å². The largest absolute Gasteiger partial charge is 0.553 e. The zero-order chi connectivity index (χ0) is 16.1. The van der Waals surface area contributed by atoms with E-state index in [9.17, 15) is 9.59 Å². The van der Waals surface area contributed by atoms with Crippen LogP contribution in [0.3, 0.4) is 0 Å². The summed E-state index contributed by atoms with van der Waals surface area (Å²) >= 11 is 0. The second-order valence-electron chi connectivity index (χ2n) is 3.86. The zero-order valence-corrected chi connectivity index (χ0v) is 12.5. The van der Waals surface area contributed by atoms with Gasteiger partial charge in [0.25, 0.3) is 0 Å². The van der Waals surface area contributed by atoms with Crippen molar-refractivity contribution in [2.45, 2.75) is 52.4 Å². The van der Waals surface area contributed by atoms with Crippen LogP contribution >= 0.6 is 0 Å². The van der Waals surface area contributed by atoms with Crippen molar-refractivity contribution >= 4 is 12.3 Å². The van der Waals surface area contributed by atoms with Gasteiger partial charge in [-0.25, -0.2) is 9.68 Å². The lowest BCUT2D eigenvalue weighted by Crippen LogP contribution is -2.39. The fourth-order valence-corrected chi connectivity index (χ4v) is 1.49. The van der Waals surface area contributed by atoms with Crippen LogP contribution in [0.1, 0.15) is 46.5 Å². The van der Waals surface area contributed by atoms with E-state index in [1.807, 2.05) is 6.92 Å². The fourth-order valence-electron chi connectivity index (χ4n) is 1.49. The molecule has 0 unspecified atom stereocenters. The van der Waals surface area contributed by atoms with Gasteiger partial charge in [-0.15, -0.1) is 4.89 Å². The van der Waals surface area contributed by atoms with E-state index < -0.39 is 18.3 Å². The van der Waals surface area contributed by atoms with Crippen molar-refractivity contribution in [3.05, 3.63) is 0 Å². The first-order chi connectivity index (χ1) is 9.99. The van der Waals surface area contributed by atoms with Gasteiger partial charge in [-0.1, -0.05) is 19.8 Å². The van der Waals surface area contributed by atoms with E-state index in [0.29, 0.717) is 6.42 Å². The Kier molecular flexibility index (Phi) is 10.5. The number of hydrogen-bond donors (Lipinski definition) is 1. The third kappa shape index (κ3) is 9.19. The molecule has 9 heteroatoms. The standard InChI is InChI=1S/C12H22O9/c1-4-7-8-9-12(16-5-2,17-6-3)20-21-19-11(15)18-10(13)14/h4-9H2,1-3H3,(H,13,14). The third-order valence-electron chi connectivity index (χ3n) is 2.25. The van der Waals surface area contributed by atoms with Gasteiger partial charge in [-0.2, -0.15) is 4.79 Å². The van der Waals surface area contributed by atoms with Gasteiger partial charge in [-0.3, -0.25) is 0 Å². The molecule has 0 heterocycles. The van der Waals surface area contributed by atoms with Crippen molar-refractivity contribution in [1.82, 2.24) is 0 Å². The Balaban J connectivity index is 4.41. The van der Waals surface area contributed by atoms with Gasteiger partial charge < -0.3 is 19.3 Å². The number of carbonyl (C=O) groups excluding carboxylic acids is 1. The molecule has 0 aliphatic rings. The van der Waals surface area contributed by atoms with Crippen LogP contribution in [-0.2, 0) is 29.0 Å². The van der Waals surface area contributed by atoms with E-state index in [-0.39, 0.29) is 13.2 Å². The van der Waals surface area contributed by atoms with E-state index in [2.05, 4.69) is 14.7 Å². The number of carbonyl (C=O) groups is 2. The molecule has 0 bridgehead atoms. The Morgan fingerprint density at radius 3 is 2.14 bits per heavy atom. The second kappa shape index (κ2) is 11.3. The fraction of sp³-hybridized carbons (Fsp3) is 0.833. The lowest BCUT2D eigenvalue weighted by molar-refractivity contribution is -0.595. The Morgan fingerprint density at radius 2 is 1.67 bits per heavy atom. The summed E-state index contributed by atoms with van der Waals surface area (Å²) < 4.78 is 14.4. The van der Waals surface area contributed by atoms with Crippen LogP contribution in [0.25, 0.3) is 0 Å². The van der Waals surface area contributed by atoms with E-state index in [4.69, 9.17) is 19.5 Å². The number of unbranched alkanes of at least 4 members (excludes halogenated alkanes) is 2. The molecule has 124 valence electrons. The highest BCUT2D eigenvalue weighted by atomic mass is 17.5. The number of rotatable bonds is 11. The van der Waals surface area contributed by atoms with Crippen LogP contribution in [0.4, 0.5) is 9.59 Å². The summed E-state index contributed by atoms with van der Waals surface area (Å²) in [5, 5.41) is 12.4. The van der Waals surface area contributed by atoms with Crippen molar-refractivity contribution in [2.24, 2.45) is 0 Å². The highest BCUT2D eigenvalue weighted by Crippen LogP contribution is 2.24. The van der Waals surface area contributed by atoms with Crippen molar-refractivity contribution in [3.8, 4) is 0 Å². The molecule has 0 aromatic carbocycles. The molecule has 0 fully saturated rings. The Morgan fingerprint density at radius 1 is 1.05 bits per heavy atom. The quantitative estimate of drug-likeness (QED) is 0.154. The van der Waals surface area contributed by atoms with E-state index >= 15 is 0 Å². The summed E-state index contributed by atoms with van der Waals surface area (Å²) in [4.78, 5) is 29.7. The van der Waals surface area contributed by atoms with Gasteiger partial charge >= 0.3 is 18.3 Å². The molecule has 0 saturated carbocycles. The molecule has 0 rings (SSSR count). The monoisotopic (exact) mass is 310 g/mol. The predicted molar refractivity (Wildman–Crippen MR) is 67.9 cm³/mol. The SMILES string of the molecule is CCCCCC(OCC)(OCC)OOOC(=O)OC(=O)O. The first kappa shape index (κ1) is 19.6. The van der Waals surface area contributed by atoms with Gasteiger partial charge in [0.05, 0.1) is 0 Å². The Labute approximate surface area is 122 Å². The molecule has 0 aromatic rings. The van der Waals surface area contributed by atoms with Crippen molar-refractivity contribution in [2.75, 3.05) is 13.2 Å². The third-order valence-corrected chi connectivity index (χ3v) is 2.25. The van der Waals surface area contributed by atoms with Gasteiger partial charge in [0.1, 0.15) is 0 Å². The average molecular weight is 310 g/mol. The Bertz CT molecular complexity index is 299. The summed E-state index contributed by atoms with van der Waals surface area (Å²) in [6.07, 6.45) is -0.423. The Hall–Kier alpha value is -1.42. The van der Waals surface area contributed by atoms with Crippen LogP contribution in [0.2, 0.25) is 0 Å². The van der Waals surface area contributed by atoms with Crippen molar-refractivity contribution < 1.29 is 43.7 Å². The first-order valence-electron chi connectivity index (χ1n) is 6.74. The van der Waals surface area contributed by atoms with E-state index in [0.717, 1.165) is 19.3 Å². The maximum atomic E-state index is 10.8. The van der Waals surface area contributed by atoms with Crippen LogP contribution < -0.4 is 0 Å². The molecule has 0 saturated heterocycles. The minimum atomic E-state index is -1.83. The molecule has 0 radical (unpaired) electrons. The zero-order valence-electron chi connectivity index (χ0n) is 12.5. The molecule has 0 atom stereocenters. The summed E-state index contributed by atoms with van der Waals surface area (Å²) in [5.41, 5.74) is 0. The summed E-state index contributed by atoms with van der Waals surface area (Å²) in [6, 6.07) is 0. The van der Waals surface area contributed by atoms with Crippen LogP contribution in [0.5, 0.6) is 0 Å². The molecule has 1 N–H and O–H groups in total. The van der Waals surface area contributed by atoms with Crippen LogP contribution in [-0.4, -0.2) is 36.6 Å². The van der Waals surface area contributed by atoms with Crippen molar-refractivity contribution in [3.63, 3.8) is 0 Å². The maximum Gasteiger partial charge on any atom is 0.553 e. The smallest absolute Gasteiger partial charge is 0.449 e. The number of ether oxygens (including phenoxy) is 3. The molecule has 0 spiro atoms. The topological polar surface area (TPSA) is 110 Å².